The van der Waals surface area contributed by atoms with Crippen molar-refractivity contribution in [2.45, 2.75) is 64.3 Å². The van der Waals surface area contributed by atoms with Gasteiger partial charge in [-0.1, -0.05) is 99.6 Å². The third-order valence-electron chi connectivity index (χ3n) is 8.76. The molecule has 0 bridgehead atoms. The van der Waals surface area contributed by atoms with Crippen LogP contribution in [0.25, 0.3) is 11.3 Å². The number of rotatable bonds is 12. The number of ether oxygens (including phenoxy) is 1. The number of fused-ring (bicyclic) bond motifs is 1. The Balaban J connectivity index is 1.49. The molecule has 0 aliphatic heterocycles. The predicted octanol–water partition coefficient (Wildman–Crippen LogP) is 5.13. The lowest BCUT2D eigenvalue weighted by atomic mass is 9.86. The van der Waals surface area contributed by atoms with E-state index >= 15 is 0 Å². The summed E-state index contributed by atoms with van der Waals surface area (Å²) in [4.78, 5) is 44.9. The molecule has 0 fully saturated rings. The smallest absolute Gasteiger partial charge is 0.407 e. The average Bonchev–Trinajstić information content (AvgIpc) is 3.49. The van der Waals surface area contributed by atoms with Crippen molar-refractivity contribution in [3.63, 3.8) is 0 Å². The minimum Gasteiger partial charge on any atom is -0.453 e. The van der Waals surface area contributed by atoms with Crippen LogP contribution in [-0.2, 0) is 33.7 Å². The SMILES string of the molecule is COC(=O)N[C@H](C(=O)NN(Cc1cccc(-c2ccccn2)c1)C[C@@](O)(Cc1ccccc1)C(=O)N[C@@H]1CCc2ccccc21)C(C)(C)C. The molecule has 3 aromatic carbocycles. The number of hydrazine groups is 1. The standard InChI is InChI=1S/C39H45N5O5/c1-38(2,3)34(42-37(47)49-4)35(45)43-44(25-28-15-12-17-30(23-28)32-19-10-11-22-40-32)26-39(48,24-27-13-6-5-7-14-27)36(46)41-33-21-20-29-16-8-9-18-31(29)33/h5-19,22-23,33-34,48H,20-21,24-26H2,1-4H3,(H,41,46)(H,42,47)(H,43,45)/t33-,34-,39+/m1/s1. The van der Waals surface area contributed by atoms with Crippen LogP contribution in [0, 0.1) is 5.41 Å². The van der Waals surface area contributed by atoms with Crippen molar-refractivity contribution >= 4 is 17.9 Å². The van der Waals surface area contributed by atoms with E-state index in [4.69, 9.17) is 4.74 Å². The lowest BCUT2D eigenvalue weighted by Gasteiger charge is -2.37. The molecule has 3 amide bonds. The summed E-state index contributed by atoms with van der Waals surface area (Å²) in [6.07, 6.45) is 2.52. The number of amides is 3. The fraction of sp³-hybridized carbons (Fsp3) is 0.333. The van der Waals surface area contributed by atoms with Gasteiger partial charge in [-0.25, -0.2) is 9.80 Å². The minimum absolute atomic E-state index is 0.00248. The van der Waals surface area contributed by atoms with Gasteiger partial charge < -0.3 is 20.5 Å². The number of hydrogen-bond acceptors (Lipinski definition) is 7. The summed E-state index contributed by atoms with van der Waals surface area (Å²) in [6, 6.07) is 29.4. The van der Waals surface area contributed by atoms with Gasteiger partial charge in [0.1, 0.15) is 6.04 Å². The monoisotopic (exact) mass is 663 g/mol. The molecule has 4 N–H and O–H groups in total. The van der Waals surface area contributed by atoms with Crippen molar-refractivity contribution in [2.24, 2.45) is 5.41 Å². The highest BCUT2D eigenvalue weighted by atomic mass is 16.5. The number of nitrogens with one attached hydrogen (secondary N) is 3. The van der Waals surface area contributed by atoms with Gasteiger partial charge in [0, 0.05) is 24.7 Å². The highest BCUT2D eigenvalue weighted by Gasteiger charge is 2.42. The second-order valence-electron chi connectivity index (χ2n) is 13.6. The summed E-state index contributed by atoms with van der Waals surface area (Å²) < 4.78 is 4.81. The molecular weight excluding hydrogens is 618 g/mol. The first-order chi connectivity index (χ1) is 23.4. The first-order valence-corrected chi connectivity index (χ1v) is 16.5. The van der Waals surface area contributed by atoms with Crippen LogP contribution in [0.15, 0.2) is 103 Å². The molecule has 0 saturated carbocycles. The van der Waals surface area contributed by atoms with Gasteiger partial charge in [0.25, 0.3) is 11.8 Å². The molecule has 0 spiro atoms. The van der Waals surface area contributed by atoms with E-state index in [0.29, 0.717) is 0 Å². The number of aryl methyl sites for hydroxylation is 1. The zero-order valence-electron chi connectivity index (χ0n) is 28.5. The molecule has 49 heavy (non-hydrogen) atoms. The van der Waals surface area contributed by atoms with E-state index in [0.717, 1.165) is 40.8 Å². The van der Waals surface area contributed by atoms with Crippen LogP contribution in [0.1, 0.15) is 55.5 Å². The van der Waals surface area contributed by atoms with E-state index in [1.807, 2.05) is 112 Å². The van der Waals surface area contributed by atoms with Crippen molar-refractivity contribution < 1.29 is 24.2 Å². The van der Waals surface area contributed by atoms with Gasteiger partial charge in [-0.15, -0.1) is 0 Å². The molecule has 0 radical (unpaired) electrons. The molecular formula is C39H45N5O5. The fourth-order valence-electron chi connectivity index (χ4n) is 6.25. The highest BCUT2D eigenvalue weighted by Crippen LogP contribution is 2.32. The second-order valence-corrected chi connectivity index (χ2v) is 13.6. The van der Waals surface area contributed by atoms with Crippen LogP contribution in [-0.4, -0.2) is 58.3 Å². The number of pyridine rings is 1. The van der Waals surface area contributed by atoms with Crippen LogP contribution in [0.4, 0.5) is 4.79 Å². The van der Waals surface area contributed by atoms with Gasteiger partial charge in [0.05, 0.1) is 25.4 Å². The Morgan fingerprint density at radius 1 is 0.939 bits per heavy atom. The first kappa shape index (κ1) is 35.3. The molecule has 10 nitrogen and oxygen atoms in total. The van der Waals surface area contributed by atoms with Crippen molar-refractivity contribution in [3.8, 4) is 11.3 Å². The molecule has 10 heteroatoms. The van der Waals surface area contributed by atoms with E-state index in [-0.39, 0.29) is 25.6 Å². The maximum Gasteiger partial charge on any atom is 0.407 e. The van der Waals surface area contributed by atoms with Gasteiger partial charge in [-0.2, -0.15) is 0 Å². The zero-order valence-corrected chi connectivity index (χ0v) is 28.5. The number of hydrogen-bond donors (Lipinski definition) is 4. The third-order valence-corrected chi connectivity index (χ3v) is 8.76. The lowest BCUT2D eigenvalue weighted by Crippen LogP contribution is -2.62. The van der Waals surface area contributed by atoms with Crippen LogP contribution in [0.5, 0.6) is 0 Å². The summed E-state index contributed by atoms with van der Waals surface area (Å²) in [5.41, 5.74) is 5.72. The van der Waals surface area contributed by atoms with Gasteiger partial charge in [-0.3, -0.25) is 20.0 Å². The average molecular weight is 664 g/mol. The molecule has 1 aliphatic rings. The van der Waals surface area contributed by atoms with E-state index in [1.165, 1.54) is 12.7 Å². The maximum atomic E-state index is 14.2. The summed E-state index contributed by atoms with van der Waals surface area (Å²) in [5, 5.41) is 19.7. The first-order valence-electron chi connectivity index (χ1n) is 16.5. The third kappa shape index (κ3) is 9.10. The number of alkyl carbamates (subject to hydrolysis) is 1. The van der Waals surface area contributed by atoms with Gasteiger partial charge in [0.15, 0.2) is 5.60 Å². The number of aromatic nitrogens is 1. The molecule has 0 saturated heterocycles. The molecule has 1 heterocycles. The predicted molar refractivity (Wildman–Crippen MR) is 188 cm³/mol. The van der Waals surface area contributed by atoms with Crippen LogP contribution in [0.3, 0.4) is 0 Å². The number of carbonyl (C=O) groups is 3. The van der Waals surface area contributed by atoms with Gasteiger partial charge in [0.2, 0.25) is 0 Å². The fourth-order valence-corrected chi connectivity index (χ4v) is 6.25. The van der Waals surface area contributed by atoms with E-state index < -0.39 is 35.0 Å². The number of benzene rings is 3. The van der Waals surface area contributed by atoms with Crippen LogP contribution >= 0.6 is 0 Å². The molecule has 1 aliphatic carbocycles. The molecule has 4 aromatic rings. The number of methoxy groups -OCH3 is 1. The molecule has 1 aromatic heterocycles. The second kappa shape index (κ2) is 15.4. The van der Waals surface area contributed by atoms with Crippen molar-refractivity contribution in [3.05, 3.63) is 126 Å². The Labute approximate surface area is 287 Å². The quantitative estimate of drug-likeness (QED) is 0.155. The Hall–Kier alpha value is -5.06. The Bertz CT molecular complexity index is 1740. The summed E-state index contributed by atoms with van der Waals surface area (Å²) in [7, 11) is 1.24. The summed E-state index contributed by atoms with van der Waals surface area (Å²) >= 11 is 0. The van der Waals surface area contributed by atoms with E-state index in [1.54, 1.807) is 11.2 Å². The van der Waals surface area contributed by atoms with Crippen molar-refractivity contribution in [1.29, 1.82) is 0 Å². The van der Waals surface area contributed by atoms with Crippen LogP contribution in [0.2, 0.25) is 0 Å². The number of carbonyl (C=O) groups excluding carboxylic acids is 3. The molecule has 3 atom stereocenters. The van der Waals surface area contributed by atoms with E-state index in [2.05, 4.69) is 27.1 Å². The maximum absolute atomic E-state index is 14.2. The van der Waals surface area contributed by atoms with Gasteiger partial charge >= 0.3 is 6.09 Å². The van der Waals surface area contributed by atoms with E-state index in [9.17, 15) is 19.5 Å². The molecule has 5 rings (SSSR count). The molecule has 256 valence electrons. The number of nitrogens with zero attached hydrogens (tertiary/aromatic N) is 2. The topological polar surface area (TPSA) is 133 Å². The highest BCUT2D eigenvalue weighted by molar-refractivity contribution is 5.87. The zero-order chi connectivity index (χ0) is 35.0. The number of aliphatic hydroxyl groups is 1. The van der Waals surface area contributed by atoms with Crippen molar-refractivity contribution in [2.75, 3.05) is 13.7 Å². The van der Waals surface area contributed by atoms with Crippen LogP contribution < -0.4 is 16.1 Å². The Kier molecular flexibility index (Phi) is 11.1. The normalized spacial score (nSPS) is 15.8. The van der Waals surface area contributed by atoms with Crippen molar-refractivity contribution in [1.82, 2.24) is 26.1 Å². The minimum atomic E-state index is -1.96. The Morgan fingerprint density at radius 2 is 1.65 bits per heavy atom. The summed E-state index contributed by atoms with van der Waals surface area (Å²) in [6.45, 7) is 5.36. The lowest BCUT2D eigenvalue weighted by molar-refractivity contribution is -0.147. The largest absolute Gasteiger partial charge is 0.453 e. The summed E-state index contributed by atoms with van der Waals surface area (Å²) in [5.74, 6) is -1.06. The van der Waals surface area contributed by atoms with Gasteiger partial charge in [-0.05, 0) is 58.7 Å². The Morgan fingerprint density at radius 3 is 2.37 bits per heavy atom. The molecule has 0 unspecified atom stereocenters.